The number of hydrogen-bond acceptors (Lipinski definition) is 4. The number of likely N-dealkylation sites (tertiary alicyclic amines) is 1. The van der Waals surface area contributed by atoms with Crippen molar-refractivity contribution in [1.29, 1.82) is 5.26 Å². The third-order valence-corrected chi connectivity index (χ3v) is 4.64. The zero-order valence-corrected chi connectivity index (χ0v) is 13.9. The van der Waals surface area contributed by atoms with Gasteiger partial charge in [0, 0.05) is 18.6 Å². The van der Waals surface area contributed by atoms with Crippen LogP contribution in [-0.4, -0.2) is 61.2 Å². The maximum Gasteiger partial charge on any atom is 0.105 e. The second-order valence-electron chi connectivity index (χ2n) is 6.64. The van der Waals surface area contributed by atoms with E-state index in [0.717, 1.165) is 25.9 Å². The minimum Gasteiger partial charge on any atom is -0.302 e. The summed E-state index contributed by atoms with van der Waals surface area (Å²) in [5, 5.41) is 12.8. The van der Waals surface area contributed by atoms with Crippen molar-refractivity contribution in [2.75, 3.05) is 33.7 Å². The summed E-state index contributed by atoms with van der Waals surface area (Å²) >= 11 is 0. The van der Waals surface area contributed by atoms with E-state index in [-0.39, 0.29) is 0 Å². The van der Waals surface area contributed by atoms with E-state index in [9.17, 15) is 5.26 Å². The zero-order valence-electron chi connectivity index (χ0n) is 13.9. The van der Waals surface area contributed by atoms with Crippen LogP contribution in [-0.2, 0) is 0 Å². The standard InChI is InChI=1S/C16H32N4/c1-6-9-18-16(3,13-17)11-14(2)20(5)12-15-8-7-10-19(15)4/h14-15,18H,6-12H2,1-5H3. The van der Waals surface area contributed by atoms with Crippen LogP contribution in [0.2, 0.25) is 0 Å². The molecule has 1 aliphatic rings. The molecule has 0 aliphatic carbocycles. The smallest absolute Gasteiger partial charge is 0.105 e. The third-order valence-electron chi connectivity index (χ3n) is 4.64. The maximum atomic E-state index is 9.43. The lowest BCUT2D eigenvalue weighted by Crippen LogP contribution is -2.48. The minimum absolute atomic E-state index is 0.411. The minimum atomic E-state index is -0.411. The van der Waals surface area contributed by atoms with Crippen LogP contribution in [0.25, 0.3) is 0 Å². The fourth-order valence-electron chi connectivity index (χ4n) is 3.03. The number of hydrogen-bond donors (Lipinski definition) is 1. The Morgan fingerprint density at radius 2 is 2.25 bits per heavy atom. The highest BCUT2D eigenvalue weighted by Crippen LogP contribution is 2.19. The van der Waals surface area contributed by atoms with Gasteiger partial charge >= 0.3 is 0 Å². The first-order valence-corrected chi connectivity index (χ1v) is 7.98. The average molecular weight is 280 g/mol. The van der Waals surface area contributed by atoms with E-state index in [0.29, 0.717) is 12.1 Å². The summed E-state index contributed by atoms with van der Waals surface area (Å²) in [7, 11) is 4.41. The molecule has 1 saturated heterocycles. The Kier molecular flexibility index (Phi) is 6.94. The van der Waals surface area contributed by atoms with Gasteiger partial charge in [0.1, 0.15) is 5.54 Å². The largest absolute Gasteiger partial charge is 0.302 e. The summed E-state index contributed by atoms with van der Waals surface area (Å²) in [6.45, 7) is 9.63. The van der Waals surface area contributed by atoms with Crippen LogP contribution in [0, 0.1) is 11.3 Å². The van der Waals surface area contributed by atoms with Gasteiger partial charge in [-0.05, 0) is 66.7 Å². The lowest BCUT2D eigenvalue weighted by molar-refractivity contribution is 0.163. The molecule has 1 N–H and O–H groups in total. The molecule has 3 atom stereocenters. The van der Waals surface area contributed by atoms with Crippen LogP contribution in [0.15, 0.2) is 0 Å². The van der Waals surface area contributed by atoms with Crippen LogP contribution in [0.3, 0.4) is 0 Å². The Morgan fingerprint density at radius 1 is 1.55 bits per heavy atom. The molecule has 1 fully saturated rings. The van der Waals surface area contributed by atoms with Crippen LogP contribution >= 0.6 is 0 Å². The van der Waals surface area contributed by atoms with E-state index in [4.69, 9.17) is 0 Å². The summed E-state index contributed by atoms with van der Waals surface area (Å²) in [5.41, 5.74) is -0.411. The normalized spacial score (nSPS) is 24.6. The molecule has 0 aromatic heterocycles. The molecule has 1 aliphatic heterocycles. The van der Waals surface area contributed by atoms with Gasteiger partial charge in [-0.15, -0.1) is 0 Å². The van der Waals surface area contributed by atoms with E-state index in [1.54, 1.807) is 0 Å². The quantitative estimate of drug-likeness (QED) is 0.739. The van der Waals surface area contributed by atoms with Crippen LogP contribution in [0.4, 0.5) is 0 Å². The number of nitriles is 1. The molecule has 4 nitrogen and oxygen atoms in total. The zero-order chi connectivity index (χ0) is 15.2. The number of rotatable bonds is 8. The molecule has 1 heterocycles. The van der Waals surface area contributed by atoms with E-state index in [1.165, 1.54) is 19.4 Å². The molecule has 0 amide bonds. The molecular formula is C16H32N4. The number of nitrogens with zero attached hydrogens (tertiary/aromatic N) is 3. The Bertz CT molecular complexity index is 325. The van der Waals surface area contributed by atoms with Gasteiger partial charge in [-0.2, -0.15) is 5.26 Å². The van der Waals surface area contributed by atoms with Gasteiger partial charge in [0.25, 0.3) is 0 Å². The first kappa shape index (κ1) is 17.4. The van der Waals surface area contributed by atoms with Crippen LogP contribution < -0.4 is 5.32 Å². The molecule has 0 saturated carbocycles. The first-order chi connectivity index (χ1) is 9.41. The van der Waals surface area contributed by atoms with Gasteiger partial charge < -0.3 is 9.80 Å². The second-order valence-corrected chi connectivity index (χ2v) is 6.64. The Hall–Kier alpha value is -0.630. The van der Waals surface area contributed by atoms with Crippen molar-refractivity contribution in [1.82, 2.24) is 15.1 Å². The monoisotopic (exact) mass is 280 g/mol. The van der Waals surface area contributed by atoms with Crippen molar-refractivity contribution in [2.45, 2.75) is 64.1 Å². The maximum absolute atomic E-state index is 9.43. The fraction of sp³-hybridized carbons (Fsp3) is 0.938. The van der Waals surface area contributed by atoms with Crippen molar-refractivity contribution in [3.63, 3.8) is 0 Å². The SMILES string of the molecule is CCCNC(C)(C#N)CC(C)N(C)CC1CCCN1C. The van der Waals surface area contributed by atoms with Crippen molar-refractivity contribution >= 4 is 0 Å². The molecule has 0 radical (unpaired) electrons. The summed E-state index contributed by atoms with van der Waals surface area (Å²) < 4.78 is 0. The van der Waals surface area contributed by atoms with Crippen molar-refractivity contribution < 1.29 is 0 Å². The van der Waals surface area contributed by atoms with Gasteiger partial charge in [-0.25, -0.2) is 0 Å². The van der Waals surface area contributed by atoms with Gasteiger partial charge in [0.15, 0.2) is 0 Å². The first-order valence-electron chi connectivity index (χ1n) is 7.98. The Balaban J connectivity index is 2.47. The van der Waals surface area contributed by atoms with Gasteiger partial charge in [0.2, 0.25) is 0 Å². The average Bonchev–Trinajstić information content (AvgIpc) is 2.82. The van der Waals surface area contributed by atoms with Crippen molar-refractivity contribution in [3.05, 3.63) is 0 Å². The fourth-order valence-corrected chi connectivity index (χ4v) is 3.03. The van der Waals surface area contributed by atoms with E-state index in [1.807, 2.05) is 6.92 Å². The molecule has 4 heteroatoms. The number of nitrogens with one attached hydrogen (secondary N) is 1. The second kappa shape index (κ2) is 7.97. The molecule has 0 aromatic rings. The molecule has 0 spiro atoms. The van der Waals surface area contributed by atoms with Gasteiger partial charge in [-0.3, -0.25) is 5.32 Å². The Labute approximate surface area is 125 Å². The molecule has 116 valence electrons. The summed E-state index contributed by atoms with van der Waals surface area (Å²) in [6, 6.07) is 3.55. The lowest BCUT2D eigenvalue weighted by Gasteiger charge is -2.34. The molecule has 1 rings (SSSR count). The van der Waals surface area contributed by atoms with Crippen LogP contribution in [0.1, 0.15) is 46.5 Å². The number of likely N-dealkylation sites (N-methyl/N-ethyl adjacent to an activating group) is 2. The summed E-state index contributed by atoms with van der Waals surface area (Å²) in [6.07, 6.45) is 4.55. The highest BCUT2D eigenvalue weighted by Gasteiger charge is 2.29. The molecule has 20 heavy (non-hydrogen) atoms. The molecule has 3 unspecified atom stereocenters. The van der Waals surface area contributed by atoms with Gasteiger partial charge in [0.05, 0.1) is 6.07 Å². The lowest BCUT2D eigenvalue weighted by atomic mass is 9.94. The molecule has 0 aromatic carbocycles. The third kappa shape index (κ3) is 5.05. The van der Waals surface area contributed by atoms with Gasteiger partial charge in [-0.1, -0.05) is 6.92 Å². The van der Waals surface area contributed by atoms with Crippen molar-refractivity contribution in [3.8, 4) is 6.07 Å². The van der Waals surface area contributed by atoms with E-state index < -0.39 is 5.54 Å². The topological polar surface area (TPSA) is 42.3 Å². The highest BCUT2D eigenvalue weighted by atomic mass is 15.2. The van der Waals surface area contributed by atoms with E-state index in [2.05, 4.69) is 49.1 Å². The predicted molar refractivity (Wildman–Crippen MR) is 84.7 cm³/mol. The predicted octanol–water partition coefficient (Wildman–Crippen LogP) is 2.07. The molecular weight excluding hydrogens is 248 g/mol. The van der Waals surface area contributed by atoms with Crippen molar-refractivity contribution in [2.24, 2.45) is 0 Å². The highest BCUT2D eigenvalue weighted by molar-refractivity contribution is 5.05. The summed E-state index contributed by atoms with van der Waals surface area (Å²) in [5.74, 6) is 0. The molecule has 0 bridgehead atoms. The summed E-state index contributed by atoms with van der Waals surface area (Å²) in [4.78, 5) is 4.87. The van der Waals surface area contributed by atoms with Crippen LogP contribution in [0.5, 0.6) is 0 Å². The Morgan fingerprint density at radius 3 is 2.75 bits per heavy atom. The van der Waals surface area contributed by atoms with E-state index >= 15 is 0 Å².